The summed E-state index contributed by atoms with van der Waals surface area (Å²) in [5.41, 5.74) is 7.38. The lowest BCUT2D eigenvalue weighted by molar-refractivity contribution is -0.120. The van der Waals surface area contributed by atoms with Crippen LogP contribution in [-0.2, 0) is 4.79 Å². The molecule has 0 aliphatic heterocycles. The Morgan fingerprint density at radius 1 is 1.37 bits per heavy atom. The minimum absolute atomic E-state index is 0.0700. The molecular weight excluding hydrogens is 244 g/mol. The number of aromatic carboxylic acids is 1. The molecule has 2 atom stereocenters. The minimum Gasteiger partial charge on any atom is -0.478 e. The zero-order valence-corrected chi connectivity index (χ0v) is 10.8. The molecule has 1 amide bonds. The summed E-state index contributed by atoms with van der Waals surface area (Å²) in [7, 11) is 0. The third-order valence-electron chi connectivity index (χ3n) is 3.63. The van der Waals surface area contributed by atoms with Gasteiger partial charge in [-0.2, -0.15) is 0 Å². The van der Waals surface area contributed by atoms with Crippen LogP contribution in [0.2, 0.25) is 0 Å². The number of nitrogens with one attached hydrogen (secondary N) is 1. The normalized spacial score (nSPS) is 22.2. The van der Waals surface area contributed by atoms with Crippen LogP contribution in [0, 0.1) is 12.8 Å². The number of carbonyl (C=O) groups excluding carboxylic acids is 1. The van der Waals surface area contributed by atoms with Gasteiger partial charge in [0.05, 0.1) is 11.5 Å². The van der Waals surface area contributed by atoms with Gasteiger partial charge in [-0.25, -0.2) is 4.79 Å². The Morgan fingerprint density at radius 3 is 2.63 bits per heavy atom. The second kappa shape index (κ2) is 5.40. The Bertz CT molecular complexity index is 513. The molecule has 2 rings (SSSR count). The van der Waals surface area contributed by atoms with Crippen molar-refractivity contribution in [3.8, 4) is 0 Å². The quantitative estimate of drug-likeness (QED) is 0.773. The molecule has 0 aromatic heterocycles. The maximum Gasteiger partial charge on any atom is 0.335 e. The third kappa shape index (κ3) is 2.93. The molecule has 5 heteroatoms. The summed E-state index contributed by atoms with van der Waals surface area (Å²) in [6.45, 7) is 1.71. The van der Waals surface area contributed by atoms with Crippen molar-refractivity contribution in [3.63, 3.8) is 0 Å². The van der Waals surface area contributed by atoms with E-state index in [1.54, 1.807) is 19.1 Å². The number of aryl methyl sites for hydroxylation is 1. The number of carbonyl (C=O) groups is 2. The van der Waals surface area contributed by atoms with Crippen molar-refractivity contribution >= 4 is 17.6 Å². The highest BCUT2D eigenvalue weighted by Gasteiger charge is 2.30. The number of carboxylic acid groups (broad SMARTS) is 1. The molecule has 19 heavy (non-hydrogen) atoms. The molecule has 0 radical (unpaired) electrons. The topological polar surface area (TPSA) is 92.4 Å². The maximum absolute atomic E-state index is 12.0. The van der Waals surface area contributed by atoms with Crippen LogP contribution in [0.4, 0.5) is 5.69 Å². The fourth-order valence-electron chi connectivity index (χ4n) is 2.53. The van der Waals surface area contributed by atoms with Gasteiger partial charge in [-0.15, -0.1) is 0 Å². The largest absolute Gasteiger partial charge is 0.478 e. The number of anilines is 1. The van der Waals surface area contributed by atoms with Crippen LogP contribution in [0.25, 0.3) is 0 Å². The highest BCUT2D eigenvalue weighted by Crippen LogP contribution is 2.25. The summed E-state index contributed by atoms with van der Waals surface area (Å²) in [5.74, 6) is -1.18. The van der Waals surface area contributed by atoms with Crippen molar-refractivity contribution in [2.75, 3.05) is 5.32 Å². The average Bonchev–Trinajstić information content (AvgIpc) is 2.75. The van der Waals surface area contributed by atoms with E-state index in [4.69, 9.17) is 10.8 Å². The van der Waals surface area contributed by atoms with Gasteiger partial charge in [-0.05, 0) is 43.5 Å². The van der Waals surface area contributed by atoms with Crippen LogP contribution in [0.3, 0.4) is 0 Å². The molecule has 0 heterocycles. The second-order valence-corrected chi connectivity index (χ2v) is 5.03. The first-order valence-electron chi connectivity index (χ1n) is 6.39. The molecule has 1 aliphatic rings. The van der Waals surface area contributed by atoms with Crippen molar-refractivity contribution in [2.45, 2.75) is 32.2 Å². The number of hydrogen-bond donors (Lipinski definition) is 3. The van der Waals surface area contributed by atoms with E-state index in [0.29, 0.717) is 11.3 Å². The average molecular weight is 262 g/mol. The van der Waals surface area contributed by atoms with E-state index in [9.17, 15) is 9.59 Å². The SMILES string of the molecule is Cc1cc(NC(=O)C2CCCC2N)ccc1C(=O)O. The van der Waals surface area contributed by atoms with Gasteiger partial charge < -0.3 is 16.2 Å². The smallest absolute Gasteiger partial charge is 0.335 e. The van der Waals surface area contributed by atoms with Crippen LogP contribution in [0.5, 0.6) is 0 Å². The maximum atomic E-state index is 12.0. The Balaban J connectivity index is 2.09. The van der Waals surface area contributed by atoms with E-state index in [-0.39, 0.29) is 23.4 Å². The Kier molecular flexibility index (Phi) is 3.85. The fraction of sp³-hybridized carbons (Fsp3) is 0.429. The minimum atomic E-state index is -0.965. The van der Waals surface area contributed by atoms with E-state index < -0.39 is 5.97 Å². The number of benzene rings is 1. The lowest BCUT2D eigenvalue weighted by atomic mass is 10.0. The van der Waals surface area contributed by atoms with E-state index in [2.05, 4.69) is 5.32 Å². The third-order valence-corrected chi connectivity index (χ3v) is 3.63. The van der Waals surface area contributed by atoms with E-state index in [1.165, 1.54) is 6.07 Å². The first kappa shape index (κ1) is 13.5. The van der Waals surface area contributed by atoms with E-state index in [1.807, 2.05) is 0 Å². The van der Waals surface area contributed by atoms with Gasteiger partial charge in [0.1, 0.15) is 0 Å². The monoisotopic (exact) mass is 262 g/mol. The molecule has 1 saturated carbocycles. The summed E-state index contributed by atoms with van der Waals surface area (Å²) in [6.07, 6.45) is 2.69. The van der Waals surface area contributed by atoms with Crippen LogP contribution in [0.1, 0.15) is 35.2 Å². The molecule has 0 saturated heterocycles. The first-order valence-corrected chi connectivity index (χ1v) is 6.39. The van der Waals surface area contributed by atoms with Crippen molar-refractivity contribution in [2.24, 2.45) is 11.7 Å². The standard InChI is InChI=1S/C14H18N2O3/c1-8-7-9(5-6-10(8)14(18)19)16-13(17)11-3-2-4-12(11)15/h5-7,11-12H,2-4,15H2,1H3,(H,16,17)(H,18,19). The van der Waals surface area contributed by atoms with Crippen LogP contribution >= 0.6 is 0 Å². The Morgan fingerprint density at radius 2 is 2.11 bits per heavy atom. The summed E-state index contributed by atoms with van der Waals surface area (Å²) >= 11 is 0. The van der Waals surface area contributed by atoms with Crippen LogP contribution in [-0.4, -0.2) is 23.0 Å². The molecule has 5 nitrogen and oxygen atoms in total. The molecule has 2 unspecified atom stereocenters. The van der Waals surface area contributed by atoms with Crippen LogP contribution in [0.15, 0.2) is 18.2 Å². The molecule has 1 aromatic carbocycles. The highest BCUT2D eigenvalue weighted by molar-refractivity contribution is 5.95. The molecule has 4 N–H and O–H groups in total. The van der Waals surface area contributed by atoms with Crippen molar-refractivity contribution in [1.29, 1.82) is 0 Å². The van der Waals surface area contributed by atoms with Crippen LogP contribution < -0.4 is 11.1 Å². The molecule has 1 fully saturated rings. The van der Waals surface area contributed by atoms with Gasteiger partial charge >= 0.3 is 5.97 Å². The number of carboxylic acids is 1. The zero-order valence-electron chi connectivity index (χ0n) is 10.8. The lowest BCUT2D eigenvalue weighted by Crippen LogP contribution is -2.34. The van der Waals surface area contributed by atoms with Crippen molar-refractivity contribution in [3.05, 3.63) is 29.3 Å². The summed E-state index contributed by atoms with van der Waals surface area (Å²) in [4.78, 5) is 23.0. The number of hydrogen-bond acceptors (Lipinski definition) is 3. The lowest BCUT2D eigenvalue weighted by Gasteiger charge is -2.15. The van der Waals surface area contributed by atoms with Gasteiger partial charge in [0.15, 0.2) is 0 Å². The van der Waals surface area contributed by atoms with Gasteiger partial charge in [0.25, 0.3) is 0 Å². The summed E-state index contributed by atoms with van der Waals surface area (Å²) < 4.78 is 0. The predicted molar refractivity (Wildman–Crippen MR) is 72.1 cm³/mol. The predicted octanol–water partition coefficient (Wildman–Crippen LogP) is 1.76. The molecule has 1 aliphatic carbocycles. The molecular formula is C14H18N2O3. The number of rotatable bonds is 3. The fourth-order valence-corrected chi connectivity index (χ4v) is 2.53. The Labute approximate surface area is 111 Å². The molecule has 1 aromatic rings. The van der Waals surface area contributed by atoms with Crippen molar-refractivity contribution < 1.29 is 14.7 Å². The Hall–Kier alpha value is -1.88. The molecule has 0 bridgehead atoms. The summed E-state index contributed by atoms with van der Waals surface area (Å²) in [6, 6.07) is 4.71. The van der Waals surface area contributed by atoms with Gasteiger partial charge in [0.2, 0.25) is 5.91 Å². The van der Waals surface area contributed by atoms with E-state index in [0.717, 1.165) is 19.3 Å². The number of amides is 1. The van der Waals surface area contributed by atoms with Gasteiger partial charge in [0, 0.05) is 11.7 Å². The first-order chi connectivity index (χ1) is 8.99. The van der Waals surface area contributed by atoms with Gasteiger partial charge in [-0.3, -0.25) is 4.79 Å². The van der Waals surface area contributed by atoms with Crippen molar-refractivity contribution in [1.82, 2.24) is 0 Å². The summed E-state index contributed by atoms with van der Waals surface area (Å²) in [5, 5.41) is 11.8. The second-order valence-electron chi connectivity index (χ2n) is 5.03. The number of nitrogens with two attached hydrogens (primary N) is 1. The van der Waals surface area contributed by atoms with Gasteiger partial charge in [-0.1, -0.05) is 6.42 Å². The highest BCUT2D eigenvalue weighted by atomic mass is 16.4. The zero-order chi connectivity index (χ0) is 14.0. The molecule has 102 valence electrons. The van der Waals surface area contributed by atoms with E-state index >= 15 is 0 Å². The molecule has 0 spiro atoms.